The Labute approximate surface area is 116 Å². The van der Waals surface area contributed by atoms with Gasteiger partial charge in [-0.25, -0.2) is 0 Å². The molecule has 0 saturated carbocycles. The predicted molar refractivity (Wildman–Crippen MR) is 78.7 cm³/mol. The van der Waals surface area contributed by atoms with Gasteiger partial charge in [0.05, 0.1) is 16.3 Å². The van der Waals surface area contributed by atoms with E-state index in [1.54, 1.807) is 18.2 Å². The fourth-order valence-electron chi connectivity index (χ4n) is 2.75. The van der Waals surface area contributed by atoms with Crippen LogP contribution < -0.4 is 10.6 Å². The molecule has 1 aliphatic heterocycles. The second-order valence-electron chi connectivity index (χ2n) is 4.91. The Morgan fingerprint density at radius 1 is 1.20 bits per heavy atom. The van der Waals surface area contributed by atoms with Crippen molar-refractivity contribution in [2.24, 2.45) is 0 Å². The third-order valence-electron chi connectivity index (χ3n) is 3.67. The van der Waals surface area contributed by atoms with Gasteiger partial charge in [0.1, 0.15) is 0 Å². The number of nitrogens with zero attached hydrogens (tertiary/aromatic N) is 2. The van der Waals surface area contributed by atoms with Crippen LogP contribution in [0.5, 0.6) is 0 Å². The van der Waals surface area contributed by atoms with Gasteiger partial charge in [0, 0.05) is 24.7 Å². The third-order valence-corrected chi connectivity index (χ3v) is 3.67. The largest absolute Gasteiger partial charge is 0.397 e. The summed E-state index contributed by atoms with van der Waals surface area (Å²) in [5.41, 5.74) is 9.88. The van der Waals surface area contributed by atoms with E-state index in [0.29, 0.717) is 12.1 Å². The van der Waals surface area contributed by atoms with Crippen LogP contribution in [-0.2, 0) is 13.0 Å². The molecule has 102 valence electrons. The normalized spacial score (nSPS) is 13.3. The Morgan fingerprint density at radius 3 is 2.80 bits per heavy atom. The predicted octanol–water partition coefficient (Wildman–Crippen LogP) is 2.74. The molecule has 0 fully saturated rings. The minimum Gasteiger partial charge on any atom is -0.397 e. The molecule has 2 aromatic carbocycles. The number of nitrogen functional groups attached to an aromatic ring is 1. The number of hydrogen-bond donors (Lipinski definition) is 1. The van der Waals surface area contributed by atoms with Crippen molar-refractivity contribution in [1.29, 1.82) is 0 Å². The lowest BCUT2D eigenvalue weighted by Crippen LogP contribution is -2.21. The molecule has 0 aliphatic carbocycles. The number of benzene rings is 2. The molecular weight excluding hydrogens is 254 g/mol. The molecule has 0 atom stereocenters. The summed E-state index contributed by atoms with van der Waals surface area (Å²) in [5, 5.41) is 11.1. The maximum atomic E-state index is 11.1. The van der Waals surface area contributed by atoms with Gasteiger partial charge in [0.15, 0.2) is 0 Å². The van der Waals surface area contributed by atoms with Gasteiger partial charge in [0.25, 0.3) is 5.69 Å². The highest BCUT2D eigenvalue weighted by Crippen LogP contribution is 2.35. The Bertz CT molecular complexity index is 670. The minimum atomic E-state index is -0.333. The molecule has 0 bridgehead atoms. The van der Waals surface area contributed by atoms with Crippen LogP contribution in [-0.4, -0.2) is 11.5 Å². The third kappa shape index (κ3) is 2.07. The first kappa shape index (κ1) is 12.5. The van der Waals surface area contributed by atoms with E-state index in [0.717, 1.165) is 24.3 Å². The van der Waals surface area contributed by atoms with Crippen molar-refractivity contribution in [2.75, 3.05) is 17.2 Å². The fraction of sp³-hybridized carbons (Fsp3) is 0.200. The van der Waals surface area contributed by atoms with Crippen molar-refractivity contribution >= 4 is 17.1 Å². The summed E-state index contributed by atoms with van der Waals surface area (Å²) in [4.78, 5) is 12.9. The SMILES string of the molecule is Nc1cccc2c1N(Cc1ccccc1[N+](=O)[O-])CC2. The molecule has 2 aromatic rings. The number of anilines is 2. The lowest BCUT2D eigenvalue weighted by molar-refractivity contribution is -0.385. The lowest BCUT2D eigenvalue weighted by Gasteiger charge is -2.20. The van der Waals surface area contributed by atoms with Crippen molar-refractivity contribution in [3.8, 4) is 0 Å². The quantitative estimate of drug-likeness (QED) is 0.528. The fourth-order valence-corrected chi connectivity index (χ4v) is 2.75. The van der Waals surface area contributed by atoms with E-state index in [2.05, 4.69) is 11.0 Å². The van der Waals surface area contributed by atoms with E-state index in [-0.39, 0.29) is 10.6 Å². The molecule has 5 nitrogen and oxygen atoms in total. The molecule has 2 N–H and O–H groups in total. The summed E-state index contributed by atoms with van der Waals surface area (Å²) in [6, 6.07) is 12.7. The number of rotatable bonds is 3. The van der Waals surface area contributed by atoms with Gasteiger partial charge in [0.2, 0.25) is 0 Å². The number of nitro groups is 1. The highest BCUT2D eigenvalue weighted by molar-refractivity contribution is 5.74. The van der Waals surface area contributed by atoms with Crippen molar-refractivity contribution in [3.05, 3.63) is 63.7 Å². The average molecular weight is 269 g/mol. The zero-order chi connectivity index (χ0) is 14.1. The molecule has 0 unspecified atom stereocenters. The highest BCUT2D eigenvalue weighted by atomic mass is 16.6. The van der Waals surface area contributed by atoms with Crippen LogP contribution in [0, 0.1) is 10.1 Å². The summed E-state index contributed by atoms with van der Waals surface area (Å²) in [6.45, 7) is 1.36. The second kappa shape index (κ2) is 4.85. The van der Waals surface area contributed by atoms with Gasteiger partial charge in [-0.05, 0) is 18.1 Å². The Hall–Kier alpha value is -2.56. The standard InChI is InChI=1S/C15H15N3O2/c16-13-6-3-5-11-8-9-17(15(11)13)10-12-4-1-2-7-14(12)18(19)20/h1-7H,8-10,16H2. The summed E-state index contributed by atoms with van der Waals surface area (Å²) in [5.74, 6) is 0. The van der Waals surface area contributed by atoms with Crippen LogP contribution >= 0.6 is 0 Å². The molecule has 1 aliphatic rings. The van der Waals surface area contributed by atoms with E-state index in [9.17, 15) is 10.1 Å². The maximum absolute atomic E-state index is 11.1. The van der Waals surface area contributed by atoms with Crippen LogP contribution in [0.25, 0.3) is 0 Å². The molecule has 1 heterocycles. The van der Waals surface area contributed by atoms with Crippen molar-refractivity contribution < 1.29 is 4.92 Å². The molecule has 20 heavy (non-hydrogen) atoms. The molecular formula is C15H15N3O2. The van der Waals surface area contributed by atoms with Gasteiger partial charge < -0.3 is 10.6 Å². The van der Waals surface area contributed by atoms with E-state index in [4.69, 9.17) is 5.73 Å². The minimum absolute atomic E-state index is 0.162. The highest BCUT2D eigenvalue weighted by Gasteiger charge is 2.23. The van der Waals surface area contributed by atoms with Gasteiger partial charge in [-0.2, -0.15) is 0 Å². The van der Waals surface area contributed by atoms with Gasteiger partial charge >= 0.3 is 0 Å². The summed E-state index contributed by atoms with van der Waals surface area (Å²) in [7, 11) is 0. The molecule has 0 radical (unpaired) electrons. The number of fused-ring (bicyclic) bond motifs is 1. The Balaban J connectivity index is 1.94. The van der Waals surface area contributed by atoms with Crippen molar-refractivity contribution in [1.82, 2.24) is 0 Å². The van der Waals surface area contributed by atoms with E-state index < -0.39 is 0 Å². The van der Waals surface area contributed by atoms with E-state index in [1.165, 1.54) is 5.56 Å². The summed E-state index contributed by atoms with van der Waals surface area (Å²) < 4.78 is 0. The first-order chi connectivity index (χ1) is 9.66. The Kier molecular flexibility index (Phi) is 3.02. The molecule has 5 heteroatoms. The van der Waals surface area contributed by atoms with E-state index in [1.807, 2.05) is 18.2 Å². The molecule has 3 rings (SSSR count). The van der Waals surface area contributed by atoms with Crippen molar-refractivity contribution in [2.45, 2.75) is 13.0 Å². The van der Waals surface area contributed by atoms with Gasteiger partial charge in [-0.15, -0.1) is 0 Å². The average Bonchev–Trinajstić information content (AvgIpc) is 2.84. The van der Waals surface area contributed by atoms with Crippen LogP contribution in [0.1, 0.15) is 11.1 Å². The topological polar surface area (TPSA) is 72.4 Å². The lowest BCUT2D eigenvalue weighted by atomic mass is 10.1. The summed E-state index contributed by atoms with van der Waals surface area (Å²) >= 11 is 0. The number of nitro benzene ring substituents is 1. The first-order valence-corrected chi connectivity index (χ1v) is 6.51. The van der Waals surface area contributed by atoms with E-state index >= 15 is 0 Å². The number of para-hydroxylation sites is 2. The zero-order valence-electron chi connectivity index (χ0n) is 11.0. The van der Waals surface area contributed by atoms with Crippen molar-refractivity contribution in [3.63, 3.8) is 0 Å². The molecule has 0 aromatic heterocycles. The molecule has 0 spiro atoms. The summed E-state index contributed by atoms with van der Waals surface area (Å²) in [6.07, 6.45) is 0.932. The number of hydrogen-bond acceptors (Lipinski definition) is 4. The monoisotopic (exact) mass is 269 g/mol. The van der Waals surface area contributed by atoms with Crippen LogP contribution in [0.2, 0.25) is 0 Å². The van der Waals surface area contributed by atoms with Gasteiger partial charge in [-0.1, -0.05) is 30.3 Å². The van der Waals surface area contributed by atoms with Crippen LogP contribution in [0.15, 0.2) is 42.5 Å². The molecule has 0 amide bonds. The maximum Gasteiger partial charge on any atom is 0.274 e. The smallest absolute Gasteiger partial charge is 0.274 e. The molecule has 0 saturated heterocycles. The second-order valence-corrected chi connectivity index (χ2v) is 4.91. The first-order valence-electron chi connectivity index (χ1n) is 6.51. The van der Waals surface area contributed by atoms with Crippen LogP contribution in [0.3, 0.4) is 0 Å². The zero-order valence-corrected chi connectivity index (χ0v) is 11.0. The van der Waals surface area contributed by atoms with Gasteiger partial charge in [-0.3, -0.25) is 10.1 Å². The Morgan fingerprint density at radius 2 is 2.00 bits per heavy atom. The number of nitrogens with two attached hydrogens (primary N) is 1. The van der Waals surface area contributed by atoms with Crippen LogP contribution in [0.4, 0.5) is 17.1 Å².